The molecule has 0 saturated carbocycles. The van der Waals surface area contributed by atoms with Gasteiger partial charge in [-0.3, -0.25) is 4.79 Å². The molecule has 0 amide bonds. The van der Waals surface area contributed by atoms with Gasteiger partial charge in [0, 0.05) is 26.6 Å². The first-order valence-corrected chi connectivity index (χ1v) is 6.30. The number of hydrogen-bond acceptors (Lipinski definition) is 3. The SMILES string of the molecule is CNS(=O)(=O)N1CCCC(CC(=O)O)C1. The summed E-state index contributed by atoms with van der Waals surface area (Å²) in [6, 6.07) is 0. The number of nitrogens with one attached hydrogen (secondary N) is 1. The molecule has 0 spiro atoms. The van der Waals surface area contributed by atoms with Gasteiger partial charge in [0.2, 0.25) is 0 Å². The van der Waals surface area contributed by atoms with Crippen LogP contribution < -0.4 is 4.72 Å². The summed E-state index contributed by atoms with van der Waals surface area (Å²) >= 11 is 0. The standard InChI is InChI=1S/C8H16N2O4S/c1-9-15(13,14)10-4-2-3-7(6-10)5-8(11)12/h7,9H,2-6H2,1H3,(H,11,12). The Morgan fingerprint density at radius 2 is 2.27 bits per heavy atom. The minimum absolute atomic E-state index is 0.0374. The van der Waals surface area contributed by atoms with Crippen molar-refractivity contribution in [3.05, 3.63) is 0 Å². The highest BCUT2D eigenvalue weighted by Crippen LogP contribution is 2.21. The quantitative estimate of drug-likeness (QED) is 0.697. The normalized spacial score (nSPS) is 23.9. The van der Waals surface area contributed by atoms with E-state index in [1.165, 1.54) is 11.4 Å². The fourth-order valence-corrected chi connectivity index (χ4v) is 2.82. The molecule has 0 radical (unpaired) electrons. The second kappa shape index (κ2) is 4.91. The average Bonchev–Trinajstić information content (AvgIpc) is 2.17. The molecule has 0 aliphatic carbocycles. The Hall–Kier alpha value is -0.660. The van der Waals surface area contributed by atoms with E-state index in [1.54, 1.807) is 0 Å². The molecule has 1 atom stereocenters. The zero-order chi connectivity index (χ0) is 11.5. The van der Waals surface area contributed by atoms with Gasteiger partial charge in [-0.05, 0) is 18.8 Å². The smallest absolute Gasteiger partial charge is 0.303 e. The summed E-state index contributed by atoms with van der Waals surface area (Å²) in [5.74, 6) is -0.942. The van der Waals surface area contributed by atoms with Crippen LogP contribution in [0.15, 0.2) is 0 Å². The molecule has 1 aliphatic heterocycles. The van der Waals surface area contributed by atoms with Crippen LogP contribution in [0.2, 0.25) is 0 Å². The summed E-state index contributed by atoms with van der Waals surface area (Å²) in [5, 5.41) is 8.63. The third-order valence-electron chi connectivity index (χ3n) is 2.54. The number of carboxylic acids is 1. The lowest BCUT2D eigenvalue weighted by atomic mass is 9.96. The Labute approximate surface area is 89.4 Å². The molecule has 88 valence electrons. The van der Waals surface area contributed by atoms with Gasteiger partial charge < -0.3 is 5.11 Å². The topological polar surface area (TPSA) is 86.7 Å². The molecule has 1 rings (SSSR count). The molecular formula is C8H16N2O4S. The summed E-state index contributed by atoms with van der Waals surface area (Å²) in [6.45, 7) is 0.773. The van der Waals surface area contributed by atoms with Crippen molar-refractivity contribution in [2.75, 3.05) is 20.1 Å². The van der Waals surface area contributed by atoms with Gasteiger partial charge in [0.25, 0.3) is 10.2 Å². The molecule has 7 heteroatoms. The summed E-state index contributed by atoms with van der Waals surface area (Å²) in [7, 11) is -2.04. The summed E-state index contributed by atoms with van der Waals surface area (Å²) in [4.78, 5) is 10.5. The van der Waals surface area contributed by atoms with Crippen LogP contribution >= 0.6 is 0 Å². The Bertz CT molecular complexity index is 328. The molecule has 0 aromatic carbocycles. The number of rotatable bonds is 4. The highest BCUT2D eigenvalue weighted by molar-refractivity contribution is 7.87. The fraction of sp³-hybridized carbons (Fsp3) is 0.875. The lowest BCUT2D eigenvalue weighted by Gasteiger charge is -2.30. The van der Waals surface area contributed by atoms with Crippen molar-refractivity contribution < 1.29 is 18.3 Å². The van der Waals surface area contributed by atoms with Gasteiger partial charge >= 0.3 is 5.97 Å². The molecular weight excluding hydrogens is 220 g/mol. The first kappa shape index (κ1) is 12.4. The lowest BCUT2D eigenvalue weighted by Crippen LogP contribution is -2.45. The average molecular weight is 236 g/mol. The first-order valence-electron chi connectivity index (χ1n) is 4.86. The Kier molecular flexibility index (Phi) is 4.06. The van der Waals surface area contributed by atoms with Crippen molar-refractivity contribution in [2.24, 2.45) is 5.92 Å². The van der Waals surface area contributed by atoms with Crippen LogP contribution in [0.5, 0.6) is 0 Å². The fourth-order valence-electron chi connectivity index (χ4n) is 1.79. The predicted molar refractivity (Wildman–Crippen MR) is 54.5 cm³/mol. The van der Waals surface area contributed by atoms with Crippen molar-refractivity contribution in [2.45, 2.75) is 19.3 Å². The molecule has 0 aromatic heterocycles. The van der Waals surface area contributed by atoms with Gasteiger partial charge in [-0.15, -0.1) is 0 Å². The maximum atomic E-state index is 11.5. The predicted octanol–water partition coefficient (Wildman–Crippen LogP) is -0.363. The van der Waals surface area contributed by atoms with Gasteiger partial charge in [-0.2, -0.15) is 12.7 Å². The Morgan fingerprint density at radius 3 is 2.80 bits per heavy atom. The lowest BCUT2D eigenvalue weighted by molar-refractivity contribution is -0.138. The maximum absolute atomic E-state index is 11.5. The molecule has 0 aromatic rings. The number of piperidine rings is 1. The van der Waals surface area contributed by atoms with Gasteiger partial charge in [0.15, 0.2) is 0 Å². The zero-order valence-corrected chi connectivity index (χ0v) is 9.46. The van der Waals surface area contributed by atoms with Gasteiger partial charge in [-0.1, -0.05) is 0 Å². The van der Waals surface area contributed by atoms with Crippen LogP contribution in [0, 0.1) is 5.92 Å². The van der Waals surface area contributed by atoms with Crippen LogP contribution in [0.3, 0.4) is 0 Å². The van der Waals surface area contributed by atoms with Crippen LogP contribution in [0.1, 0.15) is 19.3 Å². The van der Waals surface area contributed by atoms with E-state index in [0.717, 1.165) is 12.8 Å². The van der Waals surface area contributed by atoms with Crippen LogP contribution in [-0.4, -0.2) is 43.9 Å². The summed E-state index contributed by atoms with van der Waals surface area (Å²) in [5.41, 5.74) is 0. The monoisotopic (exact) mass is 236 g/mol. The molecule has 1 saturated heterocycles. The third kappa shape index (κ3) is 3.44. The first-order chi connectivity index (χ1) is 6.95. The Morgan fingerprint density at radius 1 is 1.60 bits per heavy atom. The third-order valence-corrected chi connectivity index (χ3v) is 4.07. The molecule has 1 heterocycles. The van der Waals surface area contributed by atoms with Crippen molar-refractivity contribution in [1.82, 2.24) is 9.03 Å². The van der Waals surface area contributed by atoms with Gasteiger partial charge in [0.05, 0.1) is 0 Å². The van der Waals surface area contributed by atoms with Crippen LogP contribution in [0.4, 0.5) is 0 Å². The molecule has 2 N–H and O–H groups in total. The zero-order valence-electron chi connectivity index (χ0n) is 8.64. The van der Waals surface area contributed by atoms with E-state index >= 15 is 0 Å². The molecule has 1 fully saturated rings. The number of carbonyl (C=O) groups is 1. The number of nitrogens with zero attached hydrogens (tertiary/aromatic N) is 1. The summed E-state index contributed by atoms with van der Waals surface area (Å²) in [6.07, 6.45) is 1.54. The van der Waals surface area contributed by atoms with E-state index < -0.39 is 16.2 Å². The van der Waals surface area contributed by atoms with E-state index in [1.807, 2.05) is 0 Å². The van der Waals surface area contributed by atoms with Gasteiger partial charge in [-0.25, -0.2) is 4.72 Å². The van der Waals surface area contributed by atoms with E-state index in [-0.39, 0.29) is 12.3 Å². The molecule has 1 unspecified atom stereocenters. The van der Waals surface area contributed by atoms with Crippen molar-refractivity contribution in [3.63, 3.8) is 0 Å². The molecule has 0 bridgehead atoms. The number of aliphatic carboxylic acids is 1. The Balaban J connectivity index is 2.60. The van der Waals surface area contributed by atoms with E-state index in [4.69, 9.17) is 5.11 Å². The van der Waals surface area contributed by atoms with E-state index in [0.29, 0.717) is 13.1 Å². The highest BCUT2D eigenvalue weighted by atomic mass is 32.2. The van der Waals surface area contributed by atoms with E-state index in [2.05, 4.69) is 4.72 Å². The summed E-state index contributed by atoms with van der Waals surface area (Å²) < 4.78 is 26.5. The largest absolute Gasteiger partial charge is 0.481 e. The number of hydrogen-bond donors (Lipinski definition) is 2. The maximum Gasteiger partial charge on any atom is 0.303 e. The van der Waals surface area contributed by atoms with Crippen LogP contribution in [-0.2, 0) is 15.0 Å². The number of carboxylic acid groups (broad SMARTS) is 1. The van der Waals surface area contributed by atoms with E-state index in [9.17, 15) is 13.2 Å². The van der Waals surface area contributed by atoms with Crippen molar-refractivity contribution >= 4 is 16.2 Å². The van der Waals surface area contributed by atoms with Crippen molar-refractivity contribution in [1.29, 1.82) is 0 Å². The highest BCUT2D eigenvalue weighted by Gasteiger charge is 2.28. The second-order valence-electron chi connectivity index (χ2n) is 3.67. The van der Waals surface area contributed by atoms with Crippen LogP contribution in [0.25, 0.3) is 0 Å². The van der Waals surface area contributed by atoms with Gasteiger partial charge in [0.1, 0.15) is 0 Å². The molecule has 15 heavy (non-hydrogen) atoms. The minimum Gasteiger partial charge on any atom is -0.481 e. The second-order valence-corrected chi connectivity index (χ2v) is 5.55. The van der Waals surface area contributed by atoms with Crippen molar-refractivity contribution in [3.8, 4) is 0 Å². The molecule has 6 nitrogen and oxygen atoms in total. The molecule has 1 aliphatic rings. The minimum atomic E-state index is -3.40.